The Morgan fingerprint density at radius 2 is 1.93 bits per heavy atom. The lowest BCUT2D eigenvalue weighted by molar-refractivity contribution is 0.0942. The number of amides is 1. The van der Waals surface area contributed by atoms with Gasteiger partial charge < -0.3 is 15.2 Å². The van der Waals surface area contributed by atoms with Crippen LogP contribution in [-0.2, 0) is 4.74 Å². The number of carbonyl (C=O) groups excluding carboxylic acids is 1. The summed E-state index contributed by atoms with van der Waals surface area (Å²) in [6.45, 7) is 6.43. The van der Waals surface area contributed by atoms with Crippen LogP contribution in [0.15, 0.2) is 0 Å². The van der Waals surface area contributed by atoms with Crippen molar-refractivity contribution in [1.82, 2.24) is 5.32 Å². The van der Waals surface area contributed by atoms with Crippen LogP contribution in [0.3, 0.4) is 0 Å². The van der Waals surface area contributed by atoms with Crippen molar-refractivity contribution in [3.8, 4) is 0 Å². The highest BCUT2D eigenvalue weighted by Crippen LogP contribution is 2.12. The summed E-state index contributed by atoms with van der Waals surface area (Å²) in [5, 5.41) is 12.2. The minimum absolute atomic E-state index is 0.247. The largest absolute Gasteiger partial charge is 0.450 e. The SMILES string of the molecule is CCOC(=O)NCC(O)C(CC)CC. The summed E-state index contributed by atoms with van der Waals surface area (Å²) < 4.78 is 4.68. The molecule has 0 fully saturated rings. The van der Waals surface area contributed by atoms with Crippen LogP contribution in [0.2, 0.25) is 0 Å². The first kappa shape index (κ1) is 13.2. The quantitative estimate of drug-likeness (QED) is 0.688. The van der Waals surface area contributed by atoms with E-state index in [2.05, 4.69) is 10.1 Å². The van der Waals surface area contributed by atoms with Gasteiger partial charge in [-0.3, -0.25) is 0 Å². The summed E-state index contributed by atoms with van der Waals surface area (Å²) in [4.78, 5) is 10.9. The molecule has 1 atom stereocenters. The number of rotatable bonds is 6. The Bertz CT molecular complexity index is 157. The van der Waals surface area contributed by atoms with Gasteiger partial charge >= 0.3 is 6.09 Å². The molecule has 0 aliphatic heterocycles. The lowest BCUT2D eigenvalue weighted by atomic mass is 9.97. The highest BCUT2D eigenvalue weighted by Gasteiger charge is 2.16. The van der Waals surface area contributed by atoms with Crippen molar-refractivity contribution in [2.24, 2.45) is 5.92 Å². The van der Waals surface area contributed by atoms with Crippen LogP contribution in [-0.4, -0.2) is 30.5 Å². The first-order chi connectivity index (χ1) is 6.65. The second kappa shape index (κ2) is 7.62. The van der Waals surface area contributed by atoms with Crippen LogP contribution in [0.25, 0.3) is 0 Å². The van der Waals surface area contributed by atoms with Gasteiger partial charge in [0.15, 0.2) is 0 Å². The molecule has 14 heavy (non-hydrogen) atoms. The molecule has 0 aromatic rings. The summed E-state index contributed by atoms with van der Waals surface area (Å²) in [5.74, 6) is 0.247. The van der Waals surface area contributed by atoms with Gasteiger partial charge in [0.2, 0.25) is 0 Å². The van der Waals surface area contributed by atoms with E-state index in [1.54, 1.807) is 6.92 Å². The Kier molecular flexibility index (Phi) is 7.20. The number of aliphatic hydroxyl groups is 1. The van der Waals surface area contributed by atoms with Crippen LogP contribution in [0.4, 0.5) is 4.79 Å². The maximum atomic E-state index is 10.9. The monoisotopic (exact) mass is 203 g/mol. The first-order valence-corrected chi connectivity index (χ1v) is 5.24. The van der Waals surface area contributed by atoms with Crippen LogP contribution < -0.4 is 5.32 Å². The van der Waals surface area contributed by atoms with E-state index in [0.717, 1.165) is 12.8 Å². The molecule has 0 aromatic carbocycles. The predicted octanol–water partition coefficient (Wildman–Crippen LogP) is 1.53. The minimum atomic E-state index is -0.477. The van der Waals surface area contributed by atoms with Gasteiger partial charge in [-0.25, -0.2) is 4.79 Å². The highest BCUT2D eigenvalue weighted by molar-refractivity contribution is 5.67. The summed E-state index contributed by atoms with van der Waals surface area (Å²) in [6, 6.07) is 0. The molecule has 0 saturated carbocycles. The molecule has 0 radical (unpaired) electrons. The minimum Gasteiger partial charge on any atom is -0.450 e. The van der Waals surface area contributed by atoms with E-state index in [-0.39, 0.29) is 12.5 Å². The Labute approximate surface area is 85.6 Å². The fraction of sp³-hybridized carbons (Fsp3) is 0.900. The van der Waals surface area contributed by atoms with Crippen LogP contribution in [0, 0.1) is 5.92 Å². The normalized spacial score (nSPS) is 12.6. The van der Waals surface area contributed by atoms with E-state index < -0.39 is 12.2 Å². The van der Waals surface area contributed by atoms with Crippen molar-refractivity contribution in [2.45, 2.75) is 39.7 Å². The molecule has 2 N–H and O–H groups in total. The Balaban J connectivity index is 3.71. The summed E-state index contributed by atoms with van der Waals surface area (Å²) >= 11 is 0. The van der Waals surface area contributed by atoms with E-state index in [9.17, 15) is 9.90 Å². The molecule has 1 amide bonds. The standard InChI is InChI=1S/C10H21NO3/c1-4-8(5-2)9(12)7-11-10(13)14-6-3/h8-9,12H,4-7H2,1-3H3,(H,11,13). The van der Waals surface area contributed by atoms with E-state index in [4.69, 9.17) is 0 Å². The van der Waals surface area contributed by atoms with Crippen LogP contribution >= 0.6 is 0 Å². The van der Waals surface area contributed by atoms with Gasteiger partial charge in [-0.2, -0.15) is 0 Å². The van der Waals surface area contributed by atoms with E-state index >= 15 is 0 Å². The molecule has 0 aromatic heterocycles. The second-order valence-corrected chi connectivity index (χ2v) is 3.25. The van der Waals surface area contributed by atoms with Crippen LogP contribution in [0.1, 0.15) is 33.6 Å². The number of carbonyl (C=O) groups is 1. The second-order valence-electron chi connectivity index (χ2n) is 3.25. The molecule has 0 rings (SSSR count). The number of aliphatic hydroxyl groups excluding tert-OH is 1. The van der Waals surface area contributed by atoms with E-state index in [1.165, 1.54) is 0 Å². The van der Waals surface area contributed by atoms with Crippen molar-refractivity contribution in [3.05, 3.63) is 0 Å². The smallest absolute Gasteiger partial charge is 0.407 e. The molecule has 1 unspecified atom stereocenters. The lowest BCUT2D eigenvalue weighted by Crippen LogP contribution is -2.36. The van der Waals surface area contributed by atoms with Gasteiger partial charge in [-0.15, -0.1) is 0 Å². The molecule has 0 heterocycles. The van der Waals surface area contributed by atoms with Crippen molar-refractivity contribution in [1.29, 1.82) is 0 Å². The van der Waals surface area contributed by atoms with E-state index in [1.807, 2.05) is 13.8 Å². The van der Waals surface area contributed by atoms with Gasteiger partial charge in [0, 0.05) is 6.54 Å². The van der Waals surface area contributed by atoms with Gasteiger partial charge in [-0.1, -0.05) is 26.7 Å². The molecular formula is C10H21NO3. The Hall–Kier alpha value is -0.770. The fourth-order valence-corrected chi connectivity index (χ4v) is 1.37. The Morgan fingerprint density at radius 3 is 2.36 bits per heavy atom. The summed E-state index contributed by atoms with van der Waals surface area (Å²) in [5.41, 5.74) is 0. The van der Waals surface area contributed by atoms with Gasteiger partial charge in [-0.05, 0) is 12.8 Å². The molecule has 0 bridgehead atoms. The number of hydrogen-bond donors (Lipinski definition) is 2. The molecule has 84 valence electrons. The Morgan fingerprint density at radius 1 is 1.36 bits per heavy atom. The predicted molar refractivity (Wildman–Crippen MR) is 55.1 cm³/mol. The molecule has 0 saturated heterocycles. The van der Waals surface area contributed by atoms with Crippen LogP contribution in [0.5, 0.6) is 0 Å². The number of alkyl carbamates (subject to hydrolysis) is 1. The zero-order valence-electron chi connectivity index (χ0n) is 9.25. The highest BCUT2D eigenvalue weighted by atomic mass is 16.5. The first-order valence-electron chi connectivity index (χ1n) is 5.24. The van der Waals surface area contributed by atoms with Crippen molar-refractivity contribution < 1.29 is 14.6 Å². The molecule has 0 aliphatic rings. The van der Waals surface area contributed by atoms with Gasteiger partial charge in [0.25, 0.3) is 0 Å². The molecule has 4 heteroatoms. The average Bonchev–Trinajstić information content (AvgIpc) is 2.17. The van der Waals surface area contributed by atoms with E-state index in [0.29, 0.717) is 6.61 Å². The summed E-state index contributed by atoms with van der Waals surface area (Å²) in [7, 11) is 0. The zero-order valence-corrected chi connectivity index (χ0v) is 9.25. The lowest BCUT2D eigenvalue weighted by Gasteiger charge is -2.19. The van der Waals surface area contributed by atoms with Gasteiger partial charge in [0.05, 0.1) is 12.7 Å². The van der Waals surface area contributed by atoms with Crippen molar-refractivity contribution in [2.75, 3.05) is 13.2 Å². The molecule has 4 nitrogen and oxygen atoms in total. The zero-order chi connectivity index (χ0) is 11.0. The third-order valence-corrected chi connectivity index (χ3v) is 2.32. The van der Waals surface area contributed by atoms with Crippen molar-refractivity contribution >= 4 is 6.09 Å². The maximum Gasteiger partial charge on any atom is 0.407 e. The third-order valence-electron chi connectivity index (χ3n) is 2.32. The van der Waals surface area contributed by atoms with Crippen molar-refractivity contribution in [3.63, 3.8) is 0 Å². The third kappa shape index (κ3) is 5.07. The molecule has 0 spiro atoms. The number of ether oxygens (including phenoxy) is 1. The molecule has 0 aliphatic carbocycles. The topological polar surface area (TPSA) is 58.6 Å². The number of nitrogens with one attached hydrogen (secondary N) is 1. The number of hydrogen-bond acceptors (Lipinski definition) is 3. The average molecular weight is 203 g/mol. The molecular weight excluding hydrogens is 182 g/mol. The fourth-order valence-electron chi connectivity index (χ4n) is 1.37. The summed E-state index contributed by atoms with van der Waals surface area (Å²) in [6.07, 6.45) is 0.900. The maximum absolute atomic E-state index is 10.9. The van der Waals surface area contributed by atoms with Gasteiger partial charge in [0.1, 0.15) is 0 Å².